The van der Waals surface area contributed by atoms with E-state index in [-0.39, 0.29) is 0 Å². The number of rotatable bonds is 4. The SMILES string of the molecule is COP(=O)(OC)C(N)c1ccc(Cl)cc1. The van der Waals surface area contributed by atoms with Crippen molar-refractivity contribution in [3.05, 3.63) is 34.9 Å². The highest BCUT2D eigenvalue weighted by Crippen LogP contribution is 2.56. The highest BCUT2D eigenvalue weighted by molar-refractivity contribution is 7.54. The summed E-state index contributed by atoms with van der Waals surface area (Å²) in [7, 11) is -0.663. The molecule has 0 bridgehead atoms. The third-order valence-corrected chi connectivity index (χ3v) is 4.31. The van der Waals surface area contributed by atoms with Gasteiger partial charge in [0.15, 0.2) is 0 Å². The van der Waals surface area contributed by atoms with Crippen LogP contribution in [0.2, 0.25) is 5.02 Å². The van der Waals surface area contributed by atoms with Crippen molar-refractivity contribution in [2.75, 3.05) is 14.2 Å². The standard InChI is InChI=1S/C9H13ClNO3P/c1-13-15(12,14-2)9(11)7-3-5-8(10)6-4-7/h3-6,9H,11H2,1-2H3. The Morgan fingerprint density at radius 1 is 1.27 bits per heavy atom. The molecule has 0 heterocycles. The summed E-state index contributed by atoms with van der Waals surface area (Å²) in [6.45, 7) is 0. The first-order chi connectivity index (χ1) is 7.03. The van der Waals surface area contributed by atoms with Gasteiger partial charge >= 0.3 is 7.60 Å². The number of hydrogen-bond donors (Lipinski definition) is 1. The molecule has 0 aromatic heterocycles. The first kappa shape index (κ1) is 12.7. The molecule has 0 aliphatic rings. The first-order valence-corrected chi connectivity index (χ1v) is 6.24. The smallest absolute Gasteiger partial charge is 0.314 e. The summed E-state index contributed by atoms with van der Waals surface area (Å²) in [5.74, 6) is -0.801. The second-order valence-corrected chi connectivity index (χ2v) is 5.70. The maximum atomic E-state index is 11.9. The quantitative estimate of drug-likeness (QED) is 0.834. The molecule has 0 aliphatic heterocycles. The van der Waals surface area contributed by atoms with Crippen molar-refractivity contribution in [1.82, 2.24) is 0 Å². The van der Waals surface area contributed by atoms with Crippen LogP contribution in [0.25, 0.3) is 0 Å². The Hall–Kier alpha value is -0.380. The van der Waals surface area contributed by atoms with E-state index in [2.05, 4.69) is 0 Å². The Labute approximate surface area is 93.9 Å². The van der Waals surface area contributed by atoms with Crippen LogP contribution in [-0.4, -0.2) is 14.2 Å². The fourth-order valence-electron chi connectivity index (χ4n) is 1.14. The topological polar surface area (TPSA) is 61.5 Å². The van der Waals surface area contributed by atoms with Crippen molar-refractivity contribution >= 4 is 19.2 Å². The zero-order chi connectivity index (χ0) is 11.5. The molecule has 6 heteroatoms. The highest BCUT2D eigenvalue weighted by Gasteiger charge is 2.31. The molecule has 1 aromatic carbocycles. The fourth-order valence-corrected chi connectivity index (χ4v) is 2.41. The minimum atomic E-state index is -3.27. The second-order valence-electron chi connectivity index (χ2n) is 2.90. The molecule has 0 spiro atoms. The van der Waals surface area contributed by atoms with E-state index in [0.29, 0.717) is 10.6 Å². The Morgan fingerprint density at radius 2 is 1.73 bits per heavy atom. The average molecular weight is 250 g/mol. The van der Waals surface area contributed by atoms with Gasteiger partial charge in [0.1, 0.15) is 5.78 Å². The van der Waals surface area contributed by atoms with Crippen LogP contribution >= 0.6 is 19.2 Å². The minimum absolute atomic E-state index is 0.593. The average Bonchev–Trinajstić information content (AvgIpc) is 2.28. The Morgan fingerprint density at radius 3 is 2.13 bits per heavy atom. The van der Waals surface area contributed by atoms with E-state index in [4.69, 9.17) is 26.4 Å². The molecule has 0 saturated carbocycles. The van der Waals surface area contributed by atoms with E-state index in [1.54, 1.807) is 24.3 Å². The number of hydrogen-bond acceptors (Lipinski definition) is 4. The van der Waals surface area contributed by atoms with Gasteiger partial charge in [0.25, 0.3) is 0 Å². The zero-order valence-corrected chi connectivity index (χ0v) is 10.2. The number of benzene rings is 1. The molecule has 1 rings (SSSR count). The van der Waals surface area contributed by atoms with Gasteiger partial charge in [-0.25, -0.2) is 0 Å². The summed E-state index contributed by atoms with van der Waals surface area (Å²) in [5.41, 5.74) is 6.45. The lowest BCUT2D eigenvalue weighted by Crippen LogP contribution is -2.12. The summed E-state index contributed by atoms with van der Waals surface area (Å²) in [6, 6.07) is 6.73. The molecule has 0 amide bonds. The Balaban J connectivity index is 2.98. The van der Waals surface area contributed by atoms with Crippen LogP contribution in [0.4, 0.5) is 0 Å². The van der Waals surface area contributed by atoms with Gasteiger partial charge in [-0.3, -0.25) is 4.57 Å². The van der Waals surface area contributed by atoms with Crippen LogP contribution < -0.4 is 5.73 Å². The van der Waals surface area contributed by atoms with Gasteiger partial charge in [0.2, 0.25) is 0 Å². The van der Waals surface area contributed by atoms with Crippen LogP contribution in [0.15, 0.2) is 24.3 Å². The number of nitrogens with two attached hydrogens (primary N) is 1. The predicted molar refractivity (Wildman–Crippen MR) is 60.0 cm³/mol. The molecule has 1 unspecified atom stereocenters. The van der Waals surface area contributed by atoms with E-state index < -0.39 is 13.4 Å². The van der Waals surface area contributed by atoms with E-state index >= 15 is 0 Å². The van der Waals surface area contributed by atoms with Gasteiger partial charge < -0.3 is 14.8 Å². The summed E-state index contributed by atoms with van der Waals surface area (Å²) < 4.78 is 21.6. The minimum Gasteiger partial charge on any atom is -0.314 e. The first-order valence-electron chi connectivity index (χ1n) is 4.25. The summed E-state index contributed by atoms with van der Waals surface area (Å²) in [4.78, 5) is 0. The normalized spacial score (nSPS) is 13.9. The van der Waals surface area contributed by atoms with Gasteiger partial charge in [0, 0.05) is 19.2 Å². The van der Waals surface area contributed by atoms with Crippen molar-refractivity contribution in [3.8, 4) is 0 Å². The van der Waals surface area contributed by atoms with E-state index in [9.17, 15) is 4.57 Å². The molecule has 84 valence electrons. The molecule has 15 heavy (non-hydrogen) atoms. The lowest BCUT2D eigenvalue weighted by molar-refractivity contribution is 0.266. The van der Waals surface area contributed by atoms with Crippen LogP contribution in [0.1, 0.15) is 11.3 Å². The van der Waals surface area contributed by atoms with E-state index in [0.717, 1.165) is 0 Å². The van der Waals surface area contributed by atoms with Gasteiger partial charge in [-0.05, 0) is 17.7 Å². The summed E-state index contributed by atoms with van der Waals surface area (Å²) in [6.07, 6.45) is 0. The summed E-state index contributed by atoms with van der Waals surface area (Å²) >= 11 is 5.73. The van der Waals surface area contributed by atoms with E-state index in [1.807, 2.05) is 0 Å². The summed E-state index contributed by atoms with van der Waals surface area (Å²) in [5, 5.41) is 0.593. The molecule has 0 fully saturated rings. The van der Waals surface area contributed by atoms with Crippen LogP contribution in [-0.2, 0) is 13.6 Å². The second kappa shape index (κ2) is 5.10. The largest absolute Gasteiger partial charge is 0.351 e. The van der Waals surface area contributed by atoms with Gasteiger partial charge in [-0.15, -0.1) is 0 Å². The van der Waals surface area contributed by atoms with Crippen LogP contribution in [0, 0.1) is 0 Å². The maximum absolute atomic E-state index is 11.9. The van der Waals surface area contributed by atoms with Crippen LogP contribution in [0.3, 0.4) is 0 Å². The van der Waals surface area contributed by atoms with Gasteiger partial charge in [-0.1, -0.05) is 23.7 Å². The number of halogens is 1. The van der Waals surface area contributed by atoms with Crippen molar-refractivity contribution in [3.63, 3.8) is 0 Å². The molecule has 4 nitrogen and oxygen atoms in total. The monoisotopic (exact) mass is 249 g/mol. The third kappa shape index (κ3) is 2.80. The highest BCUT2D eigenvalue weighted by atomic mass is 35.5. The lowest BCUT2D eigenvalue weighted by atomic mass is 10.2. The fraction of sp³-hybridized carbons (Fsp3) is 0.333. The van der Waals surface area contributed by atoms with Crippen LogP contribution in [0.5, 0.6) is 0 Å². The molecular formula is C9H13ClNO3P. The maximum Gasteiger partial charge on any atom is 0.351 e. The molecule has 0 radical (unpaired) electrons. The van der Waals surface area contributed by atoms with Crippen molar-refractivity contribution in [2.24, 2.45) is 5.73 Å². The third-order valence-electron chi connectivity index (χ3n) is 2.06. The Bertz CT molecular complexity index is 360. The molecule has 1 atom stereocenters. The molecule has 2 N–H and O–H groups in total. The van der Waals surface area contributed by atoms with Crippen molar-refractivity contribution < 1.29 is 13.6 Å². The molecule has 0 aliphatic carbocycles. The van der Waals surface area contributed by atoms with E-state index in [1.165, 1.54) is 14.2 Å². The molecule has 1 aromatic rings. The van der Waals surface area contributed by atoms with Crippen molar-refractivity contribution in [2.45, 2.75) is 5.78 Å². The Kier molecular flexibility index (Phi) is 4.32. The molecular weight excluding hydrogens is 237 g/mol. The van der Waals surface area contributed by atoms with Gasteiger partial charge in [0.05, 0.1) is 0 Å². The lowest BCUT2D eigenvalue weighted by Gasteiger charge is -2.20. The van der Waals surface area contributed by atoms with Gasteiger partial charge in [-0.2, -0.15) is 0 Å². The van der Waals surface area contributed by atoms with Crippen molar-refractivity contribution in [1.29, 1.82) is 0 Å². The predicted octanol–water partition coefficient (Wildman–Crippen LogP) is 2.78. The molecule has 0 saturated heterocycles. The zero-order valence-electron chi connectivity index (χ0n) is 8.51.